The van der Waals surface area contributed by atoms with Crippen molar-refractivity contribution in [2.45, 2.75) is 26.9 Å². The largest absolute Gasteiger partial charge is 0.490 e. The molecule has 0 aliphatic carbocycles. The van der Waals surface area contributed by atoms with E-state index in [-0.39, 0.29) is 0 Å². The van der Waals surface area contributed by atoms with Crippen LogP contribution in [0.1, 0.15) is 26.3 Å². The molecule has 8 heteroatoms. The SMILES string of the molecule is CCOc1ccc(/C=C/C(=O)O[C@@H](C)C(=O)NC(=O)OC)cc1OCC. The summed E-state index contributed by atoms with van der Waals surface area (Å²) in [5.41, 5.74) is 0.695. The highest BCUT2D eigenvalue weighted by atomic mass is 16.6. The van der Waals surface area contributed by atoms with Crippen LogP contribution in [0.25, 0.3) is 6.08 Å². The topological polar surface area (TPSA) is 100 Å². The fourth-order valence-electron chi connectivity index (χ4n) is 1.86. The Labute approximate surface area is 152 Å². The molecule has 2 amide bonds. The van der Waals surface area contributed by atoms with E-state index < -0.39 is 24.1 Å². The second-order valence-electron chi connectivity index (χ2n) is 4.97. The maximum Gasteiger partial charge on any atom is 0.413 e. The molecule has 0 unspecified atom stereocenters. The first-order valence-corrected chi connectivity index (χ1v) is 8.08. The van der Waals surface area contributed by atoms with Gasteiger partial charge in [0.1, 0.15) is 0 Å². The van der Waals surface area contributed by atoms with Crippen molar-refractivity contribution in [1.82, 2.24) is 5.32 Å². The summed E-state index contributed by atoms with van der Waals surface area (Å²) < 4.78 is 20.2. The molecule has 1 N–H and O–H groups in total. The molecule has 0 spiro atoms. The minimum Gasteiger partial charge on any atom is -0.490 e. The van der Waals surface area contributed by atoms with Gasteiger partial charge >= 0.3 is 12.1 Å². The number of hydrogen-bond acceptors (Lipinski definition) is 7. The third-order valence-corrected chi connectivity index (χ3v) is 3.05. The van der Waals surface area contributed by atoms with Gasteiger partial charge in [0, 0.05) is 6.08 Å². The summed E-state index contributed by atoms with van der Waals surface area (Å²) in [4.78, 5) is 34.4. The number of methoxy groups -OCH3 is 1. The van der Waals surface area contributed by atoms with E-state index in [1.54, 1.807) is 18.2 Å². The molecule has 0 fully saturated rings. The predicted octanol–water partition coefficient (Wildman–Crippen LogP) is 2.31. The number of esters is 1. The van der Waals surface area contributed by atoms with Crippen LogP contribution in [0.3, 0.4) is 0 Å². The molecule has 1 aromatic rings. The first kappa shape index (κ1) is 21.0. The smallest absolute Gasteiger partial charge is 0.413 e. The van der Waals surface area contributed by atoms with E-state index in [0.717, 1.165) is 7.11 Å². The summed E-state index contributed by atoms with van der Waals surface area (Å²) in [6, 6.07) is 5.22. The van der Waals surface area contributed by atoms with Gasteiger partial charge in [0.25, 0.3) is 5.91 Å². The number of rotatable bonds is 8. The zero-order valence-electron chi connectivity index (χ0n) is 15.2. The number of nitrogens with one attached hydrogen (secondary N) is 1. The van der Waals surface area contributed by atoms with Crippen LogP contribution in [0, 0.1) is 0 Å². The molecule has 26 heavy (non-hydrogen) atoms. The Bertz CT molecular complexity index is 670. The highest BCUT2D eigenvalue weighted by molar-refractivity contribution is 5.96. The Morgan fingerprint density at radius 2 is 1.77 bits per heavy atom. The summed E-state index contributed by atoms with van der Waals surface area (Å²) in [6.45, 7) is 6.05. The highest BCUT2D eigenvalue weighted by Gasteiger charge is 2.19. The highest BCUT2D eigenvalue weighted by Crippen LogP contribution is 2.29. The minimum atomic E-state index is -1.15. The van der Waals surface area contributed by atoms with Crippen LogP contribution in [0.4, 0.5) is 4.79 Å². The van der Waals surface area contributed by atoms with Crippen molar-refractivity contribution in [3.63, 3.8) is 0 Å². The lowest BCUT2D eigenvalue weighted by Gasteiger charge is -2.11. The molecule has 0 heterocycles. The van der Waals surface area contributed by atoms with Gasteiger partial charge in [-0.1, -0.05) is 6.07 Å². The third-order valence-electron chi connectivity index (χ3n) is 3.05. The van der Waals surface area contributed by atoms with Gasteiger partial charge in [0.15, 0.2) is 17.6 Å². The summed E-state index contributed by atoms with van der Waals surface area (Å²) in [7, 11) is 1.12. The van der Waals surface area contributed by atoms with E-state index in [2.05, 4.69) is 4.74 Å². The van der Waals surface area contributed by atoms with E-state index in [4.69, 9.17) is 14.2 Å². The number of amides is 2. The molecule has 0 radical (unpaired) electrons. The number of alkyl carbamates (subject to hydrolysis) is 1. The Balaban J connectivity index is 2.71. The molecule has 0 aromatic heterocycles. The summed E-state index contributed by atoms with van der Waals surface area (Å²) >= 11 is 0. The Morgan fingerprint density at radius 3 is 2.38 bits per heavy atom. The molecule has 0 aliphatic rings. The third kappa shape index (κ3) is 6.84. The van der Waals surface area contributed by atoms with Crippen molar-refractivity contribution in [2.24, 2.45) is 0 Å². The van der Waals surface area contributed by atoms with Gasteiger partial charge in [-0.2, -0.15) is 0 Å². The van der Waals surface area contributed by atoms with Crippen molar-refractivity contribution < 1.29 is 33.3 Å². The molecule has 1 rings (SSSR count). The molecule has 142 valence electrons. The fraction of sp³-hybridized carbons (Fsp3) is 0.389. The maximum absolute atomic E-state index is 11.8. The van der Waals surface area contributed by atoms with Crippen LogP contribution in [0.2, 0.25) is 0 Å². The first-order chi connectivity index (χ1) is 12.4. The van der Waals surface area contributed by atoms with Crippen LogP contribution in [-0.2, 0) is 19.1 Å². The molecule has 1 atom stereocenters. The van der Waals surface area contributed by atoms with Crippen LogP contribution in [-0.4, -0.2) is 44.4 Å². The van der Waals surface area contributed by atoms with Gasteiger partial charge in [-0.15, -0.1) is 0 Å². The standard InChI is InChI=1S/C18H23NO7/c1-5-24-14-9-7-13(11-15(14)25-6-2)8-10-16(20)26-12(3)17(21)19-18(22)23-4/h7-12H,5-6H2,1-4H3,(H,19,21,22)/b10-8+/t12-/m0/s1. The molecular formula is C18H23NO7. The van der Waals surface area contributed by atoms with Crippen molar-refractivity contribution in [3.05, 3.63) is 29.8 Å². The Kier molecular flexibility index (Phi) is 8.69. The van der Waals surface area contributed by atoms with Gasteiger partial charge in [0.2, 0.25) is 0 Å². The van der Waals surface area contributed by atoms with E-state index >= 15 is 0 Å². The number of hydrogen-bond donors (Lipinski definition) is 1. The summed E-state index contributed by atoms with van der Waals surface area (Å²) in [5.74, 6) is -0.333. The Morgan fingerprint density at radius 1 is 1.12 bits per heavy atom. The molecule has 0 saturated carbocycles. The van der Waals surface area contributed by atoms with E-state index in [0.29, 0.717) is 30.3 Å². The van der Waals surface area contributed by atoms with E-state index in [9.17, 15) is 14.4 Å². The Hall–Kier alpha value is -3.03. The number of ether oxygens (including phenoxy) is 4. The number of carbonyl (C=O) groups excluding carboxylic acids is 3. The zero-order valence-corrected chi connectivity index (χ0v) is 15.2. The van der Waals surface area contributed by atoms with E-state index in [1.807, 2.05) is 19.2 Å². The van der Waals surface area contributed by atoms with Crippen LogP contribution < -0.4 is 14.8 Å². The van der Waals surface area contributed by atoms with E-state index in [1.165, 1.54) is 19.1 Å². The first-order valence-electron chi connectivity index (χ1n) is 8.08. The lowest BCUT2D eigenvalue weighted by Crippen LogP contribution is -2.39. The second kappa shape index (κ2) is 10.8. The maximum atomic E-state index is 11.8. The second-order valence-corrected chi connectivity index (χ2v) is 4.97. The van der Waals surface area contributed by atoms with Crippen molar-refractivity contribution in [1.29, 1.82) is 0 Å². The molecule has 8 nitrogen and oxygen atoms in total. The molecule has 0 bridgehead atoms. The average Bonchev–Trinajstić information content (AvgIpc) is 2.62. The van der Waals surface area contributed by atoms with Gasteiger partial charge < -0.3 is 18.9 Å². The van der Waals surface area contributed by atoms with Crippen LogP contribution in [0.5, 0.6) is 11.5 Å². The van der Waals surface area contributed by atoms with Gasteiger partial charge in [-0.05, 0) is 44.5 Å². The van der Waals surface area contributed by atoms with Crippen molar-refractivity contribution in [3.8, 4) is 11.5 Å². The monoisotopic (exact) mass is 365 g/mol. The van der Waals surface area contributed by atoms with Crippen LogP contribution >= 0.6 is 0 Å². The summed E-state index contributed by atoms with van der Waals surface area (Å²) in [6.07, 6.45) is 0.621. The summed E-state index contributed by atoms with van der Waals surface area (Å²) in [5, 5.41) is 1.92. The average molecular weight is 365 g/mol. The lowest BCUT2D eigenvalue weighted by molar-refractivity contribution is -0.149. The van der Waals surface area contributed by atoms with Gasteiger partial charge in [-0.3, -0.25) is 10.1 Å². The minimum absolute atomic E-state index is 0.474. The predicted molar refractivity (Wildman–Crippen MR) is 93.9 cm³/mol. The van der Waals surface area contributed by atoms with Crippen LogP contribution in [0.15, 0.2) is 24.3 Å². The fourth-order valence-corrected chi connectivity index (χ4v) is 1.86. The normalized spacial score (nSPS) is 11.5. The van der Waals surface area contributed by atoms with Gasteiger partial charge in [0.05, 0.1) is 20.3 Å². The van der Waals surface area contributed by atoms with Crippen molar-refractivity contribution >= 4 is 24.0 Å². The quantitative estimate of drug-likeness (QED) is 0.557. The number of imide groups is 1. The van der Waals surface area contributed by atoms with Crippen molar-refractivity contribution in [2.75, 3.05) is 20.3 Å². The molecule has 0 saturated heterocycles. The molecular weight excluding hydrogens is 342 g/mol. The van der Waals surface area contributed by atoms with Gasteiger partial charge in [-0.25, -0.2) is 9.59 Å². The number of benzene rings is 1. The molecule has 0 aliphatic heterocycles. The zero-order chi connectivity index (χ0) is 19.5. The molecule has 1 aromatic carbocycles. The lowest BCUT2D eigenvalue weighted by atomic mass is 10.2. The number of carbonyl (C=O) groups is 3.